The Bertz CT molecular complexity index is 1480. The van der Waals surface area contributed by atoms with E-state index in [2.05, 4.69) is 10.3 Å². The third-order valence-corrected chi connectivity index (χ3v) is 7.70. The predicted octanol–water partition coefficient (Wildman–Crippen LogP) is 0.0123. The van der Waals surface area contributed by atoms with Crippen molar-refractivity contribution in [3.63, 3.8) is 0 Å². The molecule has 3 heterocycles. The summed E-state index contributed by atoms with van der Waals surface area (Å²) in [6.07, 6.45) is -1.94. The van der Waals surface area contributed by atoms with E-state index in [-0.39, 0.29) is 63.6 Å². The smallest absolute Gasteiger partial charge is 0.409 e. The second-order valence-corrected chi connectivity index (χ2v) is 10.8. The molecule has 2 aromatic rings. The molecule has 0 radical (unpaired) electrons. The molecule has 46 heavy (non-hydrogen) atoms. The van der Waals surface area contributed by atoms with Gasteiger partial charge in [0.2, 0.25) is 5.91 Å². The molecule has 2 aliphatic heterocycles. The van der Waals surface area contributed by atoms with E-state index in [4.69, 9.17) is 14.2 Å². The number of aromatic nitrogens is 1. The standard InChI is InChI=1S/C30H37N5O11/c1-3-45-30(43)34-12-10-33(11-13-34)28(41)21(8-9-26(38)39)32-27(40)22-15-24(19-6-4-5-7-20(19)31-22)46-17-25(37)35-16-18(36)14-23(35)29(42)44-2/h4-7,15,18,21,23,36H,3,8-14,16-17H2,1-2H3,(H,32,40)(H,38,39)/t18?,21-,23?/m0/s1. The number of benzene rings is 1. The predicted molar refractivity (Wildman–Crippen MR) is 159 cm³/mol. The van der Waals surface area contributed by atoms with Crippen LogP contribution in [0.5, 0.6) is 5.75 Å². The number of β-amino-alcohol motifs (C(OH)–C–C–N with tert-alkyl or cyclic N) is 1. The average molecular weight is 644 g/mol. The fraction of sp³-hybridized carbons (Fsp3) is 0.500. The fourth-order valence-electron chi connectivity index (χ4n) is 5.35. The first kappa shape index (κ1) is 33.9. The quantitative estimate of drug-likeness (QED) is 0.277. The zero-order valence-corrected chi connectivity index (χ0v) is 25.5. The number of carbonyl (C=O) groups is 6. The van der Waals surface area contributed by atoms with Crippen LogP contribution in [0, 0.1) is 0 Å². The van der Waals surface area contributed by atoms with Crippen molar-refractivity contribution in [3.8, 4) is 5.75 Å². The molecule has 2 saturated heterocycles. The zero-order valence-electron chi connectivity index (χ0n) is 25.5. The monoisotopic (exact) mass is 643 g/mol. The minimum Gasteiger partial charge on any atom is -0.483 e. The van der Waals surface area contributed by atoms with Crippen molar-refractivity contribution in [2.24, 2.45) is 0 Å². The number of carboxylic acid groups (broad SMARTS) is 1. The number of carbonyl (C=O) groups excluding carboxylic acids is 5. The molecule has 3 atom stereocenters. The Balaban J connectivity index is 1.50. The second-order valence-electron chi connectivity index (χ2n) is 10.8. The lowest BCUT2D eigenvalue weighted by atomic mass is 10.1. The number of nitrogens with one attached hydrogen (secondary N) is 1. The molecule has 0 saturated carbocycles. The fourth-order valence-corrected chi connectivity index (χ4v) is 5.35. The number of para-hydroxylation sites is 1. The Hall–Kier alpha value is -4.99. The number of piperazine rings is 1. The molecule has 1 aromatic carbocycles. The van der Waals surface area contributed by atoms with Crippen molar-refractivity contribution < 1.29 is 53.2 Å². The summed E-state index contributed by atoms with van der Waals surface area (Å²) in [5.41, 5.74) is 0.204. The number of amides is 4. The summed E-state index contributed by atoms with van der Waals surface area (Å²) in [5, 5.41) is 22.4. The summed E-state index contributed by atoms with van der Waals surface area (Å²) in [5.74, 6) is -3.55. The Morgan fingerprint density at radius 2 is 1.76 bits per heavy atom. The van der Waals surface area contributed by atoms with Crippen LogP contribution in [0.25, 0.3) is 10.9 Å². The Morgan fingerprint density at radius 3 is 2.43 bits per heavy atom. The van der Waals surface area contributed by atoms with Gasteiger partial charge in [0.1, 0.15) is 23.5 Å². The van der Waals surface area contributed by atoms with Gasteiger partial charge in [0.15, 0.2) is 6.61 Å². The minimum atomic E-state index is -1.20. The van der Waals surface area contributed by atoms with E-state index in [0.29, 0.717) is 10.9 Å². The lowest BCUT2D eigenvalue weighted by Gasteiger charge is -2.35. The number of methoxy groups -OCH3 is 1. The van der Waals surface area contributed by atoms with E-state index in [0.717, 1.165) is 0 Å². The number of ether oxygens (including phenoxy) is 3. The molecule has 2 fully saturated rings. The van der Waals surface area contributed by atoms with Crippen LogP contribution in [0.1, 0.15) is 36.7 Å². The normalized spacial score (nSPS) is 18.5. The molecule has 4 rings (SSSR count). The summed E-state index contributed by atoms with van der Waals surface area (Å²) in [6.45, 7) is 2.08. The largest absolute Gasteiger partial charge is 0.483 e. The average Bonchev–Trinajstić information content (AvgIpc) is 3.46. The molecule has 2 aliphatic rings. The first-order chi connectivity index (χ1) is 22.0. The third kappa shape index (κ3) is 8.18. The van der Waals surface area contributed by atoms with E-state index in [1.165, 1.54) is 27.9 Å². The number of fused-ring (bicyclic) bond motifs is 1. The van der Waals surface area contributed by atoms with Gasteiger partial charge >= 0.3 is 18.0 Å². The molecule has 3 N–H and O–H groups in total. The van der Waals surface area contributed by atoms with Gasteiger partial charge in [-0.15, -0.1) is 0 Å². The van der Waals surface area contributed by atoms with Crippen LogP contribution in [-0.4, -0.2) is 137 Å². The molecule has 0 spiro atoms. The van der Waals surface area contributed by atoms with E-state index in [9.17, 15) is 39.0 Å². The van der Waals surface area contributed by atoms with Crippen molar-refractivity contribution >= 4 is 46.7 Å². The second kappa shape index (κ2) is 15.3. The summed E-state index contributed by atoms with van der Waals surface area (Å²) >= 11 is 0. The van der Waals surface area contributed by atoms with Crippen LogP contribution in [-0.2, 0) is 28.7 Å². The molecule has 1 aromatic heterocycles. The molecule has 4 amide bonds. The van der Waals surface area contributed by atoms with Crippen LogP contribution in [0.3, 0.4) is 0 Å². The maximum Gasteiger partial charge on any atom is 0.409 e. The van der Waals surface area contributed by atoms with Crippen LogP contribution in [0.4, 0.5) is 4.79 Å². The third-order valence-electron chi connectivity index (χ3n) is 7.70. The summed E-state index contributed by atoms with van der Waals surface area (Å²) < 4.78 is 15.6. The Morgan fingerprint density at radius 1 is 1.07 bits per heavy atom. The highest BCUT2D eigenvalue weighted by Gasteiger charge is 2.40. The molecule has 0 bridgehead atoms. The Labute approximate surface area is 264 Å². The lowest BCUT2D eigenvalue weighted by Crippen LogP contribution is -2.56. The number of pyridine rings is 1. The first-order valence-electron chi connectivity index (χ1n) is 14.8. The number of aliphatic hydroxyl groups excluding tert-OH is 1. The molecule has 2 unspecified atom stereocenters. The molecule has 0 aliphatic carbocycles. The first-order valence-corrected chi connectivity index (χ1v) is 14.8. The van der Waals surface area contributed by atoms with Crippen molar-refractivity contribution in [3.05, 3.63) is 36.0 Å². The van der Waals surface area contributed by atoms with Crippen molar-refractivity contribution in [1.29, 1.82) is 0 Å². The molecular formula is C30H37N5O11. The van der Waals surface area contributed by atoms with Gasteiger partial charge < -0.3 is 44.4 Å². The Kier molecular flexibility index (Phi) is 11.3. The number of aliphatic hydroxyl groups is 1. The molecule has 16 heteroatoms. The number of nitrogens with zero attached hydrogens (tertiary/aromatic N) is 4. The van der Waals surface area contributed by atoms with Gasteiger partial charge in [-0.25, -0.2) is 14.6 Å². The number of aliphatic carboxylic acids is 1. The van der Waals surface area contributed by atoms with E-state index in [1.54, 1.807) is 31.2 Å². The number of hydrogen-bond donors (Lipinski definition) is 3. The van der Waals surface area contributed by atoms with Gasteiger partial charge in [-0.3, -0.25) is 19.2 Å². The highest BCUT2D eigenvalue weighted by atomic mass is 16.6. The number of likely N-dealkylation sites (tertiary alicyclic amines) is 1. The van der Waals surface area contributed by atoms with Gasteiger partial charge in [0.25, 0.3) is 11.8 Å². The number of rotatable bonds is 11. The van der Waals surface area contributed by atoms with E-state index >= 15 is 0 Å². The van der Waals surface area contributed by atoms with Gasteiger partial charge in [-0.1, -0.05) is 12.1 Å². The molecular weight excluding hydrogens is 606 g/mol. The van der Waals surface area contributed by atoms with Crippen molar-refractivity contribution in [1.82, 2.24) is 25.0 Å². The van der Waals surface area contributed by atoms with Crippen LogP contribution in [0.2, 0.25) is 0 Å². The number of hydrogen-bond acceptors (Lipinski definition) is 11. The van der Waals surface area contributed by atoms with Crippen LogP contribution < -0.4 is 10.1 Å². The molecule has 16 nitrogen and oxygen atoms in total. The minimum absolute atomic E-state index is 0.0315. The van der Waals surface area contributed by atoms with E-state index in [1.807, 2.05) is 0 Å². The maximum absolute atomic E-state index is 13.5. The lowest BCUT2D eigenvalue weighted by molar-refractivity contribution is -0.151. The van der Waals surface area contributed by atoms with Gasteiger partial charge in [0.05, 0.1) is 25.3 Å². The summed E-state index contributed by atoms with van der Waals surface area (Å²) in [4.78, 5) is 83.9. The van der Waals surface area contributed by atoms with Crippen molar-refractivity contribution in [2.75, 3.05) is 53.0 Å². The topological polar surface area (TPSA) is 205 Å². The molecule has 248 valence electrons. The number of carboxylic acids is 1. The van der Waals surface area contributed by atoms with E-state index < -0.39 is 67.0 Å². The maximum atomic E-state index is 13.5. The van der Waals surface area contributed by atoms with Crippen molar-refractivity contribution in [2.45, 2.75) is 44.4 Å². The highest BCUT2D eigenvalue weighted by Crippen LogP contribution is 2.27. The summed E-state index contributed by atoms with van der Waals surface area (Å²) in [7, 11) is 1.19. The van der Waals surface area contributed by atoms with Gasteiger partial charge in [0, 0.05) is 57.0 Å². The van der Waals surface area contributed by atoms with Gasteiger partial charge in [-0.2, -0.15) is 0 Å². The zero-order chi connectivity index (χ0) is 33.4. The van der Waals surface area contributed by atoms with Crippen LogP contribution >= 0.6 is 0 Å². The van der Waals surface area contributed by atoms with Crippen LogP contribution in [0.15, 0.2) is 30.3 Å². The summed E-state index contributed by atoms with van der Waals surface area (Å²) in [6, 6.07) is 5.85. The highest BCUT2D eigenvalue weighted by molar-refractivity contribution is 5.99. The van der Waals surface area contributed by atoms with Gasteiger partial charge in [-0.05, 0) is 25.5 Å². The SMILES string of the molecule is CCOC(=O)N1CCN(C(=O)[C@H](CCC(=O)O)NC(=O)c2cc(OCC(=O)N3CC(O)CC3C(=O)OC)c3ccccc3n2)CC1. The number of esters is 1.